The smallest absolute Gasteiger partial charge is 0.246 e. The van der Waals surface area contributed by atoms with E-state index in [9.17, 15) is 13.2 Å². The Morgan fingerprint density at radius 1 is 0.971 bits per heavy atom. The van der Waals surface area contributed by atoms with Crippen LogP contribution >= 0.6 is 0 Å². The van der Waals surface area contributed by atoms with Gasteiger partial charge in [0.2, 0.25) is 15.9 Å². The van der Waals surface area contributed by atoms with Crippen molar-refractivity contribution in [2.24, 2.45) is 12.2 Å². The number of aromatic nitrogens is 2. The van der Waals surface area contributed by atoms with Gasteiger partial charge in [-0.2, -0.15) is 5.10 Å². The molecular weight excluding hydrogens is 462 g/mol. The fourth-order valence-corrected chi connectivity index (χ4v) is 4.26. The number of carbonyl (C=O) groups excluding carboxylic acids is 1. The number of sulfonamides is 1. The summed E-state index contributed by atoms with van der Waals surface area (Å²) in [7, 11) is -1.85. The molecule has 0 bridgehead atoms. The number of nitrogens with one attached hydrogen (secondary N) is 2. The molecule has 0 saturated heterocycles. The number of nitrogens with zero attached hydrogens (tertiary/aromatic N) is 2. The third-order valence-electron chi connectivity index (χ3n) is 5.60. The molecule has 1 unspecified atom stereocenters. The zero-order chi connectivity index (χ0) is 24.8. The van der Waals surface area contributed by atoms with Gasteiger partial charge in [-0.1, -0.05) is 54.6 Å². The molecule has 0 saturated carbocycles. The van der Waals surface area contributed by atoms with E-state index in [0.717, 1.165) is 22.3 Å². The van der Waals surface area contributed by atoms with Gasteiger partial charge in [0.25, 0.3) is 0 Å². The Kier molecular flexibility index (Phi) is 7.40. The number of aryl methyl sites for hydroxylation is 1. The molecule has 180 valence electrons. The van der Waals surface area contributed by atoms with Crippen LogP contribution in [0.5, 0.6) is 0 Å². The molecule has 1 aromatic heterocycles. The van der Waals surface area contributed by atoms with Crippen molar-refractivity contribution >= 4 is 21.6 Å². The van der Waals surface area contributed by atoms with Crippen LogP contribution in [0, 0.1) is 0 Å². The second kappa shape index (κ2) is 10.6. The van der Waals surface area contributed by atoms with Gasteiger partial charge in [0.15, 0.2) is 0 Å². The minimum Gasteiger partial charge on any atom is -0.324 e. The highest BCUT2D eigenvalue weighted by Gasteiger charge is 2.20. The molecule has 0 radical (unpaired) electrons. The summed E-state index contributed by atoms with van der Waals surface area (Å²) >= 11 is 0. The second-order valence-corrected chi connectivity index (χ2v) is 9.77. The van der Waals surface area contributed by atoms with Crippen LogP contribution in [-0.2, 0) is 28.3 Å². The molecular formula is C26H27N5O3S. The summed E-state index contributed by atoms with van der Waals surface area (Å²) in [5.41, 5.74) is 4.50. The Labute approximate surface area is 204 Å². The Balaban J connectivity index is 1.42. The van der Waals surface area contributed by atoms with Gasteiger partial charge >= 0.3 is 0 Å². The van der Waals surface area contributed by atoms with Crippen LogP contribution in [0.25, 0.3) is 11.1 Å². The van der Waals surface area contributed by atoms with Crippen LogP contribution in [-0.4, -0.2) is 30.7 Å². The lowest BCUT2D eigenvalue weighted by molar-refractivity contribution is -0.118. The summed E-state index contributed by atoms with van der Waals surface area (Å²) in [4.78, 5) is 13.3. The number of carbonyl (C=O) groups is 1. The first-order chi connectivity index (χ1) is 16.8. The van der Waals surface area contributed by atoms with Crippen molar-refractivity contribution in [3.8, 4) is 11.1 Å². The fraction of sp³-hybridized carbons (Fsp3) is 0.154. The standard InChI is InChI=1S/C26H27N5O3S/c1-31-18-22(17-29-31)20-9-11-23(12-10-20)30-26(32)25(21-5-3-2-4-6-21)28-16-15-19-7-13-24(14-8-19)35(27,33)34/h2-14,17-18,25,28H,15-16H2,1H3,(H,30,32)(H2,27,33,34). The first kappa shape index (κ1) is 24.3. The van der Waals surface area contributed by atoms with Crippen molar-refractivity contribution in [2.75, 3.05) is 11.9 Å². The average Bonchev–Trinajstić information content (AvgIpc) is 3.29. The van der Waals surface area contributed by atoms with E-state index < -0.39 is 16.1 Å². The molecule has 4 N–H and O–H groups in total. The van der Waals surface area contributed by atoms with E-state index in [1.807, 2.05) is 67.8 Å². The van der Waals surface area contributed by atoms with E-state index in [-0.39, 0.29) is 10.8 Å². The molecule has 0 spiro atoms. The van der Waals surface area contributed by atoms with Gasteiger partial charge in [-0.15, -0.1) is 0 Å². The monoisotopic (exact) mass is 489 g/mol. The molecule has 0 aliphatic heterocycles. The summed E-state index contributed by atoms with van der Waals surface area (Å²) < 4.78 is 24.6. The van der Waals surface area contributed by atoms with Crippen molar-refractivity contribution in [3.63, 3.8) is 0 Å². The molecule has 4 aromatic rings. The molecule has 0 aliphatic carbocycles. The number of hydrogen-bond donors (Lipinski definition) is 3. The van der Waals surface area contributed by atoms with Crippen LogP contribution in [0.3, 0.4) is 0 Å². The number of rotatable bonds is 9. The van der Waals surface area contributed by atoms with Gasteiger partial charge in [-0.3, -0.25) is 9.48 Å². The number of hydrogen-bond acceptors (Lipinski definition) is 5. The van der Waals surface area contributed by atoms with Crippen LogP contribution in [0.1, 0.15) is 17.2 Å². The highest BCUT2D eigenvalue weighted by molar-refractivity contribution is 7.89. The minimum absolute atomic E-state index is 0.0743. The van der Waals surface area contributed by atoms with Gasteiger partial charge in [0.05, 0.1) is 11.1 Å². The zero-order valence-corrected chi connectivity index (χ0v) is 20.1. The Morgan fingerprint density at radius 2 is 1.66 bits per heavy atom. The van der Waals surface area contributed by atoms with Gasteiger partial charge < -0.3 is 10.6 Å². The number of anilines is 1. The van der Waals surface area contributed by atoms with Crippen LogP contribution < -0.4 is 15.8 Å². The predicted molar refractivity (Wildman–Crippen MR) is 136 cm³/mol. The maximum atomic E-state index is 13.2. The van der Waals surface area contributed by atoms with E-state index in [2.05, 4.69) is 15.7 Å². The quantitative estimate of drug-likeness (QED) is 0.333. The van der Waals surface area contributed by atoms with Crippen LogP contribution in [0.4, 0.5) is 5.69 Å². The van der Waals surface area contributed by atoms with Crippen LogP contribution in [0.2, 0.25) is 0 Å². The number of primary sulfonamides is 1. The highest BCUT2D eigenvalue weighted by Crippen LogP contribution is 2.22. The molecule has 0 fully saturated rings. The fourth-order valence-electron chi connectivity index (χ4n) is 3.74. The van der Waals surface area contributed by atoms with E-state index in [1.54, 1.807) is 23.0 Å². The molecule has 3 aromatic carbocycles. The van der Waals surface area contributed by atoms with Gasteiger partial charge in [0.1, 0.15) is 6.04 Å². The second-order valence-electron chi connectivity index (χ2n) is 8.21. The van der Waals surface area contributed by atoms with E-state index in [0.29, 0.717) is 18.7 Å². The molecule has 9 heteroatoms. The van der Waals surface area contributed by atoms with Crippen molar-refractivity contribution in [1.29, 1.82) is 0 Å². The summed E-state index contributed by atoms with van der Waals surface area (Å²) in [5.74, 6) is -0.171. The summed E-state index contributed by atoms with van der Waals surface area (Å²) in [6, 6.07) is 23.0. The largest absolute Gasteiger partial charge is 0.324 e. The van der Waals surface area contributed by atoms with E-state index in [1.165, 1.54) is 12.1 Å². The molecule has 4 rings (SSSR count). The summed E-state index contributed by atoms with van der Waals surface area (Å²) in [6.07, 6.45) is 4.35. The normalized spacial score (nSPS) is 12.3. The van der Waals surface area contributed by atoms with E-state index >= 15 is 0 Å². The number of benzene rings is 3. The van der Waals surface area contributed by atoms with Crippen molar-refractivity contribution in [1.82, 2.24) is 15.1 Å². The molecule has 1 atom stereocenters. The lowest BCUT2D eigenvalue weighted by atomic mass is 10.0. The topological polar surface area (TPSA) is 119 Å². The first-order valence-corrected chi connectivity index (χ1v) is 12.6. The third kappa shape index (κ3) is 6.42. The number of amides is 1. The van der Waals surface area contributed by atoms with Crippen molar-refractivity contribution in [2.45, 2.75) is 17.4 Å². The van der Waals surface area contributed by atoms with Crippen molar-refractivity contribution < 1.29 is 13.2 Å². The SMILES string of the molecule is Cn1cc(-c2ccc(NC(=O)C(NCCc3ccc(S(N)(=O)=O)cc3)c3ccccc3)cc2)cn1. The van der Waals surface area contributed by atoms with Crippen LogP contribution in [0.15, 0.2) is 96.2 Å². The molecule has 1 heterocycles. The number of nitrogens with two attached hydrogens (primary N) is 1. The predicted octanol–water partition coefficient (Wildman–Crippen LogP) is 3.25. The Morgan fingerprint density at radius 3 is 2.26 bits per heavy atom. The summed E-state index contributed by atoms with van der Waals surface area (Å²) in [5, 5.41) is 15.7. The molecule has 1 amide bonds. The lowest BCUT2D eigenvalue weighted by Gasteiger charge is -2.19. The molecule has 35 heavy (non-hydrogen) atoms. The van der Waals surface area contributed by atoms with E-state index in [4.69, 9.17) is 5.14 Å². The minimum atomic E-state index is -3.72. The summed E-state index contributed by atoms with van der Waals surface area (Å²) in [6.45, 7) is 0.516. The Bertz CT molecular complexity index is 1380. The molecule has 8 nitrogen and oxygen atoms in total. The molecule has 0 aliphatic rings. The maximum absolute atomic E-state index is 13.2. The highest BCUT2D eigenvalue weighted by atomic mass is 32.2. The first-order valence-electron chi connectivity index (χ1n) is 11.1. The van der Waals surface area contributed by atoms with Gasteiger partial charge in [0, 0.05) is 31.0 Å². The van der Waals surface area contributed by atoms with Gasteiger partial charge in [-0.05, 0) is 47.4 Å². The maximum Gasteiger partial charge on any atom is 0.246 e. The average molecular weight is 490 g/mol. The zero-order valence-electron chi connectivity index (χ0n) is 19.3. The van der Waals surface area contributed by atoms with Gasteiger partial charge in [-0.25, -0.2) is 13.6 Å². The lowest BCUT2D eigenvalue weighted by Crippen LogP contribution is -2.34. The Hall–Kier alpha value is -3.79. The van der Waals surface area contributed by atoms with Crippen molar-refractivity contribution in [3.05, 3.63) is 102 Å². The third-order valence-corrected chi connectivity index (χ3v) is 6.53.